The Morgan fingerprint density at radius 1 is 0.455 bits per heavy atom. The van der Waals surface area contributed by atoms with Crippen LogP contribution in [-0.2, 0) is 121 Å². The molecule has 0 spiro atoms. The molecule has 1 unspecified atom stereocenters. The lowest BCUT2D eigenvalue weighted by Crippen LogP contribution is -2.52. The van der Waals surface area contributed by atoms with Crippen LogP contribution < -0.4 is 43.0 Å². The molecule has 4 rings (SSSR count). The Balaban J connectivity index is 1.53. The molecule has 1 aliphatic rings. The third-order valence-electron chi connectivity index (χ3n) is 22.5. The first-order valence-electron chi connectivity index (χ1n) is 43.9. The lowest BCUT2D eigenvalue weighted by Gasteiger charge is -2.28. The smallest absolute Gasteiger partial charge is 0.304 e. The van der Waals surface area contributed by atoms with Gasteiger partial charge in [-0.1, -0.05) is 107 Å². The summed E-state index contributed by atoms with van der Waals surface area (Å²) in [4.78, 5) is 272. The van der Waals surface area contributed by atoms with Crippen LogP contribution in [0.2, 0.25) is 0 Å². The van der Waals surface area contributed by atoms with E-state index >= 15 is 0 Å². The first-order chi connectivity index (χ1) is 62.3. The number of carboxylic acid groups (broad SMARTS) is 3. The lowest BCUT2D eigenvalue weighted by molar-refractivity contribution is -0.143. The minimum atomic E-state index is -2.08. The van der Waals surface area contributed by atoms with Crippen molar-refractivity contribution in [2.24, 2.45) is 59.0 Å². The number of amides is 9. The molecule has 0 bridgehead atoms. The van der Waals surface area contributed by atoms with E-state index in [1.165, 1.54) is 48.5 Å². The number of Topliss-reactive ketones (excluding diaryl/α,β-unsaturated/α-hetero) is 8. The number of nitrogens with two attached hydrogens (primary N) is 1. The third-order valence-corrected chi connectivity index (χ3v) is 24.6. The van der Waals surface area contributed by atoms with Crippen LogP contribution in [0, 0.1) is 53.3 Å². The van der Waals surface area contributed by atoms with Gasteiger partial charge in [0.25, 0.3) is 5.24 Å². The summed E-state index contributed by atoms with van der Waals surface area (Å²) >= 11 is 0.811. The van der Waals surface area contributed by atoms with E-state index in [1.807, 2.05) is 0 Å². The van der Waals surface area contributed by atoms with Crippen molar-refractivity contribution in [1.82, 2.24) is 42.1 Å². The maximum absolute atomic E-state index is 14.8. The van der Waals surface area contributed by atoms with E-state index in [2.05, 4.69) is 37.2 Å². The second kappa shape index (κ2) is 57.9. The molecular weight excluding hydrogens is 1760 g/mol. The van der Waals surface area contributed by atoms with E-state index < -0.39 is 332 Å². The van der Waals surface area contributed by atoms with Crippen LogP contribution in [0.15, 0.2) is 78.9 Å². The van der Waals surface area contributed by atoms with Crippen molar-refractivity contribution in [3.63, 3.8) is 0 Å². The van der Waals surface area contributed by atoms with Gasteiger partial charge >= 0.3 is 17.9 Å². The predicted octanol–water partition coefficient (Wildman–Crippen LogP) is 1.77. The summed E-state index contributed by atoms with van der Waals surface area (Å²) in [5, 5.41) is 110. The maximum atomic E-state index is 14.8. The zero-order valence-corrected chi connectivity index (χ0v) is 76.9. The van der Waals surface area contributed by atoms with Crippen LogP contribution in [-0.4, -0.2) is 270 Å². The molecule has 1 heterocycles. The predicted molar refractivity (Wildman–Crippen MR) is 478 cm³/mol. The van der Waals surface area contributed by atoms with Gasteiger partial charge in [-0.25, -0.2) is 0 Å². The molecule has 18 N–H and O–H groups in total. The molecule has 1 aliphatic heterocycles. The molecule has 17 atom stereocenters. The van der Waals surface area contributed by atoms with Crippen molar-refractivity contribution in [3.8, 4) is 11.5 Å². The fourth-order valence-corrected chi connectivity index (χ4v) is 16.5. The molecule has 1 fully saturated rings. The second-order valence-electron chi connectivity index (χ2n) is 34.1. The van der Waals surface area contributed by atoms with Crippen molar-refractivity contribution in [1.29, 1.82) is 0 Å². The van der Waals surface area contributed by atoms with Gasteiger partial charge < -0.3 is 88.9 Å². The Labute approximate surface area is 771 Å². The summed E-state index contributed by atoms with van der Waals surface area (Å²) in [6.07, 6.45) is -10.9. The zero-order valence-electron chi connectivity index (χ0n) is 75.3. The maximum Gasteiger partial charge on any atom is 0.304 e. The first-order valence-corrected chi connectivity index (χ1v) is 46.4. The number of imide groups is 1. The van der Waals surface area contributed by atoms with Crippen LogP contribution in [0.25, 0.3) is 0 Å². The fraction of sp³-hybridized carbons (Fsp3) is 0.582. The lowest BCUT2D eigenvalue weighted by atomic mass is 9.85. The highest BCUT2D eigenvalue weighted by Crippen LogP contribution is 2.27. The van der Waals surface area contributed by atoms with Gasteiger partial charge in [-0.3, -0.25) is 105 Å². The van der Waals surface area contributed by atoms with E-state index in [-0.39, 0.29) is 73.8 Å². The molecule has 0 aromatic heterocycles. The van der Waals surface area contributed by atoms with Crippen molar-refractivity contribution in [3.05, 3.63) is 95.6 Å². The largest absolute Gasteiger partial charge is 0.508 e. The van der Waals surface area contributed by atoms with Gasteiger partial charge in [0, 0.05) is 93.0 Å². The van der Waals surface area contributed by atoms with Gasteiger partial charge in [-0.2, -0.15) is 0 Å². The van der Waals surface area contributed by atoms with Gasteiger partial charge in [0.05, 0.1) is 116 Å². The number of carbonyl (C=O) groups excluding carboxylic acids is 17. The van der Waals surface area contributed by atoms with Crippen LogP contribution in [0.4, 0.5) is 4.79 Å². The molecule has 39 nitrogen and oxygen atoms in total. The number of aliphatic hydroxyl groups is 4. The van der Waals surface area contributed by atoms with Gasteiger partial charge in [-0.15, -0.1) is 0 Å². The number of hydrogen-bond donors (Lipinski definition) is 17. The SMILES string of the molecule is CC[C@H](C)[C@H](NC(=O)[C@H](CO)CC(=O)[C@H](Cc1ccc(O)cc1)NC(=O)[C@H](CC(=O)O)CC(=O)[C@H](CO)NC(=O)[C@@H](CC(=O)[C@H](Cc1ccccc1)NC(=O)[C@@H](CC(=O)CNC(=O)[C@H](CCC(=O)O)CC(=O)CS(=O)CC(=O)CCCN1C(=O)CSC1=O)[C@@H](C)O)[C@@H](C)O)C(=O)C[C@@H](Cc1ccc(O)cc1)C(=O)N[C@@H](CC(C)C)C(=O)C[C@@H](CC(=O)O)C(=O)N[C@H](C)CCCCN. The summed E-state index contributed by atoms with van der Waals surface area (Å²) in [6, 6.07) is 10.2. The van der Waals surface area contributed by atoms with E-state index in [4.69, 9.17) is 5.73 Å². The van der Waals surface area contributed by atoms with E-state index in [0.717, 1.165) is 30.5 Å². The second-order valence-corrected chi connectivity index (χ2v) is 36.5. The van der Waals surface area contributed by atoms with Gasteiger partial charge in [0.1, 0.15) is 29.1 Å². The Hall–Kier alpha value is -11.2. The molecule has 132 heavy (non-hydrogen) atoms. The van der Waals surface area contributed by atoms with Gasteiger partial charge in [0.15, 0.2) is 34.7 Å². The number of phenolic OH excluding ortho intramolecular Hbond substituents is 2. The van der Waals surface area contributed by atoms with Crippen molar-refractivity contribution < 1.29 is 146 Å². The Morgan fingerprint density at radius 2 is 0.924 bits per heavy atom. The molecule has 1 saturated heterocycles. The number of aliphatic carboxylic acids is 3. The highest BCUT2D eigenvalue weighted by molar-refractivity contribution is 8.14. The fourth-order valence-electron chi connectivity index (χ4n) is 14.7. The van der Waals surface area contributed by atoms with E-state index in [0.29, 0.717) is 36.9 Å². The Bertz CT molecular complexity index is 4500. The summed E-state index contributed by atoms with van der Waals surface area (Å²) in [6.45, 7) is 7.95. The summed E-state index contributed by atoms with van der Waals surface area (Å²) in [5.41, 5.74) is 6.73. The number of nitrogens with one attached hydrogen (secondary N) is 7. The molecule has 3 aromatic carbocycles. The number of aromatic hydroxyl groups is 2. The van der Waals surface area contributed by atoms with E-state index in [9.17, 15) is 146 Å². The Morgan fingerprint density at radius 3 is 1.43 bits per heavy atom. The van der Waals surface area contributed by atoms with Crippen LogP contribution in [0.5, 0.6) is 11.5 Å². The van der Waals surface area contributed by atoms with Crippen LogP contribution in [0.1, 0.15) is 181 Å². The number of nitrogens with zero attached hydrogens (tertiary/aromatic N) is 1. The number of rotatable bonds is 67. The quantitative estimate of drug-likeness (QED) is 0.0358. The molecule has 0 saturated carbocycles. The zero-order chi connectivity index (χ0) is 98.8. The van der Waals surface area contributed by atoms with Crippen LogP contribution >= 0.6 is 11.8 Å². The van der Waals surface area contributed by atoms with E-state index in [1.54, 1.807) is 65.0 Å². The highest BCUT2D eigenvalue weighted by Gasteiger charge is 2.41. The summed E-state index contributed by atoms with van der Waals surface area (Å²) < 4.78 is 12.8. The molecule has 0 radical (unpaired) electrons. The molecule has 3 aromatic rings. The first kappa shape index (κ1) is 113. The molecule has 0 aliphatic carbocycles. The molecule has 728 valence electrons. The molecular formula is C91H127N9O30S2. The van der Waals surface area contributed by atoms with Gasteiger partial charge in [-0.05, 0) is 131 Å². The molecule has 41 heteroatoms. The normalized spacial score (nSPS) is 15.9. The topological polar surface area (TPSA) is 654 Å². The number of phenols is 2. The average molecular weight is 1890 g/mol. The number of hydrogen-bond acceptors (Lipinski definition) is 29. The van der Waals surface area contributed by atoms with Crippen molar-refractivity contribution >= 4 is 139 Å². The van der Waals surface area contributed by atoms with Gasteiger partial charge in [0.2, 0.25) is 47.3 Å². The number of carbonyl (C=O) groups is 20. The Kier molecular flexibility index (Phi) is 49.6. The number of ketones is 8. The number of benzene rings is 3. The summed E-state index contributed by atoms with van der Waals surface area (Å²) in [5.74, 6) is -32.6. The van der Waals surface area contributed by atoms with Crippen molar-refractivity contribution in [2.45, 2.75) is 232 Å². The van der Waals surface area contributed by atoms with Crippen LogP contribution in [0.3, 0.4) is 0 Å². The average Bonchev–Trinajstić information content (AvgIpc) is 0.947. The monoisotopic (exact) mass is 1890 g/mol. The minimum absolute atomic E-state index is 0.0204. The molecule has 9 amide bonds. The number of carboxylic acids is 3. The standard InChI is InChI=1S/C91H127N9O30S2/c1-8-51(4)83(78(114)38-59(32-56-19-24-63(105)25-20-56)86(124)95-70(31-50(2)3)74(110)36-60(40-81(118)119)85(123)94-52(5)15-12-13-29-92)99-88(126)62(45-101)39-75(111)71(34-57-21-26-64(106)27-22-57)96-87(125)61(41-82(120)121)37-76(112)73(46-102)98-90(128)69(54(7)104)43-77(113)72(33-55-16-10-9-11-17-55)97-89(127)68(53(6)103)42-66(108)44-93-84(122)58(23-28-80(116)117)35-67(109)49-132(130)48-65(107)18-14-30-100-79(115)47-131-91(100)129/h9-11,16-17,19-22,24-27,50-54,58-62,68-73,83,101-106H,8,12-15,18,23,28-49,92H2,1-7H3,(H,93,122)(H,94,123)(H,95,124)(H,96,125)(H,97,127)(H,98,128)(H,99,126)(H,116,117)(H,118,119)(H,120,121)/t51-,52+,53+,54+,58+,59+,60-,61-,62-,68-,69-,70-,71-,72-,73-,83-,132?/m0/s1. The number of thioether (sulfide) groups is 1. The number of unbranched alkanes of at least 4 members (excludes halogenated alkanes) is 1. The summed E-state index contributed by atoms with van der Waals surface area (Å²) in [7, 11) is -2.08. The highest BCUT2D eigenvalue weighted by atomic mass is 32.2. The third kappa shape index (κ3) is 40.9. The van der Waals surface area contributed by atoms with Crippen molar-refractivity contribution in [2.75, 3.05) is 50.1 Å². The number of aliphatic hydroxyl groups excluding tert-OH is 4. The minimum Gasteiger partial charge on any atom is -0.508 e.